The van der Waals surface area contributed by atoms with Crippen LogP contribution in [0.3, 0.4) is 0 Å². The van der Waals surface area contributed by atoms with Gasteiger partial charge in [0.2, 0.25) is 5.91 Å². The van der Waals surface area contributed by atoms with Crippen molar-refractivity contribution in [1.82, 2.24) is 14.5 Å². The van der Waals surface area contributed by atoms with E-state index in [4.69, 9.17) is 14.7 Å². The molecule has 0 bridgehead atoms. The van der Waals surface area contributed by atoms with E-state index in [0.717, 1.165) is 36.8 Å². The average Bonchev–Trinajstić information content (AvgIpc) is 3.17. The van der Waals surface area contributed by atoms with Gasteiger partial charge in [0.1, 0.15) is 16.9 Å². The summed E-state index contributed by atoms with van der Waals surface area (Å²) in [6.45, 7) is 5.01. The number of nitrogens with zero attached hydrogens (tertiary/aromatic N) is 3. The number of fused-ring (bicyclic) bond motifs is 2. The molecule has 0 saturated heterocycles. The SMILES string of the molecule is CCCCOC(=O)c1c(NC(=O)C=Cc2ccccc2)n(CCCC)c2nc3ccccc3nc12. The fourth-order valence-electron chi connectivity index (χ4n) is 3.83. The first-order valence-corrected chi connectivity index (χ1v) is 12.1. The van der Waals surface area contributed by atoms with E-state index < -0.39 is 5.97 Å². The Morgan fingerprint density at radius 2 is 1.63 bits per heavy atom. The maximum atomic E-state index is 13.3. The Labute approximate surface area is 204 Å². The van der Waals surface area contributed by atoms with Gasteiger partial charge in [-0.1, -0.05) is 69.2 Å². The number of rotatable bonds is 10. The molecule has 0 spiro atoms. The molecule has 0 unspecified atom stereocenters. The number of aromatic nitrogens is 3. The molecule has 7 heteroatoms. The lowest BCUT2D eigenvalue weighted by Gasteiger charge is -2.11. The summed E-state index contributed by atoms with van der Waals surface area (Å²) >= 11 is 0. The maximum Gasteiger partial charge on any atom is 0.344 e. The minimum atomic E-state index is -0.509. The third kappa shape index (κ3) is 5.57. The lowest BCUT2D eigenvalue weighted by molar-refractivity contribution is -0.111. The summed E-state index contributed by atoms with van der Waals surface area (Å²) in [6.07, 6.45) is 6.66. The van der Waals surface area contributed by atoms with E-state index in [2.05, 4.69) is 12.2 Å². The van der Waals surface area contributed by atoms with E-state index >= 15 is 0 Å². The number of ether oxygens (including phenoxy) is 1. The molecule has 35 heavy (non-hydrogen) atoms. The number of hydrogen-bond acceptors (Lipinski definition) is 5. The molecule has 2 heterocycles. The van der Waals surface area contributed by atoms with E-state index in [0.29, 0.717) is 35.7 Å². The van der Waals surface area contributed by atoms with Crippen LogP contribution in [0.2, 0.25) is 0 Å². The lowest BCUT2D eigenvalue weighted by atomic mass is 10.2. The van der Waals surface area contributed by atoms with Crippen molar-refractivity contribution in [1.29, 1.82) is 0 Å². The lowest BCUT2D eigenvalue weighted by Crippen LogP contribution is -2.17. The van der Waals surface area contributed by atoms with Crippen molar-refractivity contribution in [3.8, 4) is 0 Å². The topological polar surface area (TPSA) is 86.1 Å². The van der Waals surface area contributed by atoms with Gasteiger partial charge in [-0.2, -0.15) is 0 Å². The Kier molecular flexibility index (Phi) is 7.88. The second-order valence-electron chi connectivity index (χ2n) is 8.34. The zero-order valence-corrected chi connectivity index (χ0v) is 20.2. The molecular formula is C28H30N4O3. The van der Waals surface area contributed by atoms with Crippen molar-refractivity contribution < 1.29 is 14.3 Å². The van der Waals surface area contributed by atoms with Crippen LogP contribution in [-0.4, -0.2) is 33.0 Å². The molecule has 1 N–H and O–H groups in total. The first-order valence-electron chi connectivity index (χ1n) is 12.1. The Balaban J connectivity index is 1.81. The molecule has 0 radical (unpaired) electrons. The Bertz CT molecular complexity index is 1360. The van der Waals surface area contributed by atoms with E-state index in [9.17, 15) is 9.59 Å². The van der Waals surface area contributed by atoms with Crippen LogP contribution in [0.4, 0.5) is 5.82 Å². The normalized spacial score (nSPS) is 11.4. The first kappa shape index (κ1) is 24.1. The van der Waals surface area contributed by atoms with Gasteiger partial charge in [0.25, 0.3) is 0 Å². The van der Waals surface area contributed by atoms with Gasteiger partial charge in [-0.3, -0.25) is 4.79 Å². The average molecular weight is 471 g/mol. The van der Waals surface area contributed by atoms with Crippen molar-refractivity contribution >= 4 is 46.0 Å². The van der Waals surface area contributed by atoms with E-state index in [1.54, 1.807) is 6.08 Å². The minimum absolute atomic E-state index is 0.243. The summed E-state index contributed by atoms with van der Waals surface area (Å²) in [6, 6.07) is 17.1. The number of unbranched alkanes of at least 4 members (excludes halogenated alkanes) is 2. The molecule has 4 rings (SSSR count). The Morgan fingerprint density at radius 1 is 0.943 bits per heavy atom. The molecule has 0 aliphatic heterocycles. The molecule has 0 aliphatic carbocycles. The second kappa shape index (κ2) is 11.4. The third-order valence-electron chi connectivity index (χ3n) is 5.69. The molecule has 7 nitrogen and oxygen atoms in total. The maximum absolute atomic E-state index is 13.3. The number of hydrogen-bond donors (Lipinski definition) is 1. The van der Waals surface area contributed by atoms with Gasteiger partial charge >= 0.3 is 5.97 Å². The summed E-state index contributed by atoms with van der Waals surface area (Å²) in [5.41, 5.74) is 3.54. The smallest absolute Gasteiger partial charge is 0.344 e. The van der Waals surface area contributed by atoms with Gasteiger partial charge in [-0.05, 0) is 36.6 Å². The number of esters is 1. The van der Waals surface area contributed by atoms with Gasteiger partial charge in [0.15, 0.2) is 5.65 Å². The number of carbonyl (C=O) groups excluding carboxylic acids is 2. The molecule has 0 fully saturated rings. The van der Waals surface area contributed by atoms with E-state index in [1.165, 1.54) is 6.08 Å². The number of amides is 1. The number of nitrogens with one attached hydrogen (secondary N) is 1. The van der Waals surface area contributed by atoms with Crippen LogP contribution in [0.5, 0.6) is 0 Å². The highest BCUT2D eigenvalue weighted by Crippen LogP contribution is 2.31. The van der Waals surface area contributed by atoms with Gasteiger partial charge in [0.05, 0.1) is 17.6 Å². The zero-order chi connectivity index (χ0) is 24.6. The fraction of sp³-hybridized carbons (Fsp3) is 0.286. The van der Waals surface area contributed by atoms with Crippen LogP contribution in [0, 0.1) is 0 Å². The van der Waals surface area contributed by atoms with Crippen molar-refractivity contribution in [2.24, 2.45) is 0 Å². The molecule has 2 aromatic carbocycles. The number of carbonyl (C=O) groups is 2. The monoisotopic (exact) mass is 470 g/mol. The highest BCUT2D eigenvalue weighted by molar-refractivity contribution is 6.13. The third-order valence-corrected chi connectivity index (χ3v) is 5.69. The molecular weight excluding hydrogens is 440 g/mol. The van der Waals surface area contributed by atoms with Gasteiger partial charge in [-0.15, -0.1) is 0 Å². The van der Waals surface area contributed by atoms with Crippen LogP contribution < -0.4 is 5.32 Å². The van der Waals surface area contributed by atoms with Crippen LogP contribution in [0.25, 0.3) is 28.3 Å². The van der Waals surface area contributed by atoms with E-state index in [-0.39, 0.29) is 11.5 Å². The first-order chi connectivity index (χ1) is 17.1. The summed E-state index contributed by atoms with van der Waals surface area (Å²) in [5.74, 6) is -0.486. The Morgan fingerprint density at radius 3 is 2.34 bits per heavy atom. The molecule has 0 aliphatic rings. The number of anilines is 1. The predicted molar refractivity (Wildman–Crippen MR) is 139 cm³/mol. The summed E-state index contributed by atoms with van der Waals surface area (Å²) in [5, 5.41) is 2.93. The summed E-state index contributed by atoms with van der Waals surface area (Å²) < 4.78 is 7.45. The quantitative estimate of drug-likeness (QED) is 0.175. The van der Waals surface area contributed by atoms with Gasteiger partial charge in [0, 0.05) is 12.6 Å². The molecule has 1 amide bonds. The van der Waals surface area contributed by atoms with Crippen molar-refractivity contribution in [3.63, 3.8) is 0 Å². The van der Waals surface area contributed by atoms with Gasteiger partial charge in [-0.25, -0.2) is 14.8 Å². The van der Waals surface area contributed by atoms with Crippen molar-refractivity contribution in [2.75, 3.05) is 11.9 Å². The van der Waals surface area contributed by atoms with Crippen LogP contribution in [0.1, 0.15) is 55.5 Å². The minimum Gasteiger partial charge on any atom is -0.462 e. The molecule has 4 aromatic rings. The summed E-state index contributed by atoms with van der Waals surface area (Å²) in [7, 11) is 0. The zero-order valence-electron chi connectivity index (χ0n) is 20.2. The number of benzene rings is 2. The highest BCUT2D eigenvalue weighted by Gasteiger charge is 2.27. The largest absolute Gasteiger partial charge is 0.462 e. The molecule has 0 atom stereocenters. The van der Waals surface area contributed by atoms with Crippen molar-refractivity contribution in [3.05, 3.63) is 71.8 Å². The second-order valence-corrected chi connectivity index (χ2v) is 8.34. The van der Waals surface area contributed by atoms with Gasteiger partial charge < -0.3 is 14.6 Å². The fourth-order valence-corrected chi connectivity index (χ4v) is 3.83. The standard InChI is InChI=1S/C28H30N4O3/c1-3-5-18-32-26(31-23(33)17-16-20-12-8-7-9-13-20)24(28(34)35-19-6-4-2)25-27(32)30-22-15-11-10-14-21(22)29-25/h7-17H,3-6,18-19H2,1-2H3,(H,31,33). The van der Waals surface area contributed by atoms with Crippen LogP contribution >= 0.6 is 0 Å². The highest BCUT2D eigenvalue weighted by atomic mass is 16.5. The van der Waals surface area contributed by atoms with Crippen molar-refractivity contribution in [2.45, 2.75) is 46.1 Å². The Hall–Kier alpha value is -4.00. The molecule has 180 valence electrons. The predicted octanol–water partition coefficient (Wildman–Crippen LogP) is 5.99. The van der Waals surface area contributed by atoms with Crippen LogP contribution in [-0.2, 0) is 16.1 Å². The number of para-hydroxylation sites is 2. The van der Waals surface area contributed by atoms with Crippen LogP contribution in [0.15, 0.2) is 60.7 Å². The number of aryl methyl sites for hydroxylation is 1. The molecule has 2 aromatic heterocycles. The molecule has 0 saturated carbocycles. The van der Waals surface area contributed by atoms with E-state index in [1.807, 2.05) is 66.1 Å². The summed E-state index contributed by atoms with van der Waals surface area (Å²) in [4.78, 5) is 35.8.